The molecule has 2 aromatic carbocycles. The highest BCUT2D eigenvalue weighted by atomic mass is 35.5. The minimum absolute atomic E-state index is 0.0178. The van der Waals surface area contributed by atoms with Gasteiger partial charge in [-0.15, -0.1) is 11.3 Å². The van der Waals surface area contributed by atoms with E-state index in [2.05, 4.69) is 10.6 Å². The van der Waals surface area contributed by atoms with Gasteiger partial charge in [-0.3, -0.25) is 39.9 Å². The summed E-state index contributed by atoms with van der Waals surface area (Å²) in [4.78, 5) is 70.5. The molecular formula is C42H51ClN8O6S. The first-order valence-electron chi connectivity index (χ1n) is 19.5. The lowest BCUT2D eigenvalue weighted by atomic mass is 9.99. The summed E-state index contributed by atoms with van der Waals surface area (Å²) in [7, 11) is 0. The number of carbonyl (C=O) groups excluding carboxylic acids is 5. The topological polar surface area (TPSA) is 211 Å². The zero-order valence-electron chi connectivity index (χ0n) is 33.1. The second-order valence-corrected chi connectivity index (χ2v) is 16.1. The van der Waals surface area contributed by atoms with E-state index in [1.54, 1.807) is 42.2 Å². The molecule has 14 nitrogen and oxygen atoms in total. The van der Waals surface area contributed by atoms with Crippen LogP contribution in [0, 0.1) is 24.7 Å². The van der Waals surface area contributed by atoms with E-state index in [0.29, 0.717) is 47.0 Å². The number of hydrogen-bond acceptors (Lipinski definition) is 10. The van der Waals surface area contributed by atoms with Gasteiger partial charge in [-0.2, -0.15) is 0 Å². The first kappa shape index (κ1) is 43.7. The molecule has 5 rings (SSSR count). The molecule has 1 unspecified atom stereocenters. The Bertz CT molecular complexity index is 2080. The second kappa shape index (κ2) is 20.3. The lowest BCUT2D eigenvalue weighted by molar-refractivity contribution is -0.123. The smallest absolute Gasteiger partial charge is 0.257 e. The maximum atomic E-state index is 13.2. The third kappa shape index (κ3) is 10.6. The van der Waals surface area contributed by atoms with Crippen molar-refractivity contribution >= 4 is 75.2 Å². The number of rotatable bonds is 20. The lowest BCUT2D eigenvalue weighted by Crippen LogP contribution is -2.44. The van der Waals surface area contributed by atoms with E-state index in [-0.39, 0.29) is 61.8 Å². The van der Waals surface area contributed by atoms with E-state index >= 15 is 0 Å². The zero-order chi connectivity index (χ0) is 41.9. The molecule has 0 aliphatic carbocycles. The minimum Gasteiger partial charge on any atom is -0.483 e. The second-order valence-electron chi connectivity index (χ2n) is 14.5. The van der Waals surface area contributed by atoms with Crippen LogP contribution < -0.4 is 26.0 Å². The van der Waals surface area contributed by atoms with Gasteiger partial charge in [0.2, 0.25) is 11.8 Å². The Morgan fingerprint density at radius 1 is 1.03 bits per heavy atom. The number of benzene rings is 2. The fraction of sp³-hybridized carbons (Fsp3) is 0.429. The molecule has 2 aliphatic heterocycles. The molecule has 3 heterocycles. The number of nitrogens with one attached hydrogen (secondary N) is 4. The highest BCUT2D eigenvalue weighted by Crippen LogP contribution is 2.40. The van der Waals surface area contributed by atoms with Crippen molar-refractivity contribution in [3.05, 3.63) is 80.2 Å². The van der Waals surface area contributed by atoms with Gasteiger partial charge < -0.3 is 30.8 Å². The Kier molecular flexibility index (Phi) is 15.3. The first-order valence-corrected chi connectivity index (χ1v) is 20.7. The number of aliphatic imine (C=N–C) groups is 1. The number of amides is 4. The lowest BCUT2D eigenvalue weighted by Gasteiger charge is -2.24. The van der Waals surface area contributed by atoms with Gasteiger partial charge in [-0.1, -0.05) is 55.5 Å². The number of nitrogens with two attached hydrogens (primary N) is 1. The van der Waals surface area contributed by atoms with Crippen LogP contribution >= 0.6 is 22.9 Å². The van der Waals surface area contributed by atoms with Crippen molar-refractivity contribution in [3.8, 4) is 5.75 Å². The fourth-order valence-electron chi connectivity index (χ4n) is 7.13. The van der Waals surface area contributed by atoms with E-state index in [4.69, 9.17) is 37.9 Å². The minimum atomic E-state index is -0.914. The van der Waals surface area contributed by atoms with E-state index in [1.807, 2.05) is 26.0 Å². The van der Waals surface area contributed by atoms with Gasteiger partial charge >= 0.3 is 0 Å². The van der Waals surface area contributed by atoms with E-state index in [9.17, 15) is 24.0 Å². The molecule has 16 heteroatoms. The van der Waals surface area contributed by atoms with Gasteiger partial charge in [0.25, 0.3) is 11.8 Å². The number of halogens is 1. The van der Waals surface area contributed by atoms with Crippen molar-refractivity contribution in [1.82, 2.24) is 15.5 Å². The summed E-state index contributed by atoms with van der Waals surface area (Å²) in [6, 6.07) is 10.6. The van der Waals surface area contributed by atoms with Crippen molar-refractivity contribution in [2.45, 2.75) is 97.2 Å². The van der Waals surface area contributed by atoms with Crippen molar-refractivity contribution in [1.29, 1.82) is 10.8 Å². The Labute approximate surface area is 347 Å². The molecule has 0 fully saturated rings. The molecule has 6 N–H and O–H groups in total. The highest BCUT2D eigenvalue weighted by Gasteiger charge is 2.37. The molecule has 2 atom stereocenters. The summed E-state index contributed by atoms with van der Waals surface area (Å²) in [5.41, 5.74) is 9.87. The Morgan fingerprint density at radius 2 is 1.69 bits per heavy atom. The van der Waals surface area contributed by atoms with Crippen LogP contribution in [0.5, 0.6) is 5.75 Å². The average Bonchev–Trinajstić information content (AvgIpc) is 3.63. The third-order valence-electron chi connectivity index (χ3n) is 10.3. The number of carbonyl (C=O) groups is 5. The molecule has 0 radical (unpaired) electrons. The van der Waals surface area contributed by atoms with Crippen molar-refractivity contribution in [2.75, 3.05) is 24.6 Å². The summed E-state index contributed by atoms with van der Waals surface area (Å²) < 4.78 is 5.77. The number of unbranched alkanes of at least 4 members (excludes halogenated alkanes) is 5. The van der Waals surface area contributed by atoms with Gasteiger partial charge in [0.05, 0.1) is 18.7 Å². The maximum absolute atomic E-state index is 13.2. The predicted octanol–water partition coefficient (Wildman–Crippen LogP) is 5.85. The Morgan fingerprint density at radius 3 is 2.33 bits per heavy atom. The van der Waals surface area contributed by atoms with Gasteiger partial charge in [-0.25, -0.2) is 0 Å². The number of thiophene rings is 1. The van der Waals surface area contributed by atoms with Crippen LogP contribution in [0.3, 0.4) is 0 Å². The van der Waals surface area contributed by atoms with Crippen molar-refractivity contribution < 1.29 is 28.7 Å². The van der Waals surface area contributed by atoms with Crippen LogP contribution in [0.4, 0.5) is 5.00 Å². The van der Waals surface area contributed by atoms with Crippen molar-refractivity contribution in [2.24, 2.45) is 10.7 Å². The normalized spacial score (nSPS) is 15.2. The molecule has 3 aromatic rings. The Balaban J connectivity index is 1.00. The van der Waals surface area contributed by atoms with Gasteiger partial charge in [0.1, 0.15) is 40.8 Å². The summed E-state index contributed by atoms with van der Waals surface area (Å²) >= 11 is 7.70. The summed E-state index contributed by atoms with van der Waals surface area (Å²) in [6.45, 7) is 6.54. The van der Waals surface area contributed by atoms with Gasteiger partial charge in [0, 0.05) is 51.7 Å². The standard InChI is InChI=1S/C42H51ClN8O6S/c1-25-26(2)58-42-37(25)38(28-15-17-29(43)18-16-28)49-32(39(45)51(42)27(3)44)22-35(53)47-19-8-6-4-5-7-9-20-48-36(54)24-57-34-14-10-12-30-31(34)23-50(41(30)56)33(40(46)55)13-11-21-52/h10,12,14-18,21,32-33,44-45H,4-9,11,13,19-20,22-24H2,1-3H3,(H2,46,55)(H,47,53)(H,48,54)/t32-,33?/m0/s1. The quantitative estimate of drug-likeness (QED) is 0.0406. The van der Waals surface area contributed by atoms with Crippen LogP contribution in [0.1, 0.15) is 102 Å². The number of aldehydes is 1. The van der Waals surface area contributed by atoms with Gasteiger partial charge in [0.15, 0.2) is 6.61 Å². The predicted molar refractivity (Wildman–Crippen MR) is 227 cm³/mol. The fourth-order valence-corrected chi connectivity index (χ4v) is 8.48. The van der Waals surface area contributed by atoms with E-state index < -0.39 is 18.0 Å². The molecule has 58 heavy (non-hydrogen) atoms. The summed E-state index contributed by atoms with van der Waals surface area (Å²) in [6.07, 6.45) is 6.30. The van der Waals surface area contributed by atoms with Crippen LogP contribution in [0.2, 0.25) is 5.02 Å². The number of amidine groups is 2. The molecule has 308 valence electrons. The number of ether oxygens (including phenoxy) is 1. The maximum Gasteiger partial charge on any atom is 0.257 e. The molecule has 0 spiro atoms. The van der Waals surface area contributed by atoms with Crippen LogP contribution in [-0.4, -0.2) is 84.0 Å². The SMILES string of the molecule is CC(=N)N1C(=N)[C@H](CC(=O)NCCCCCCCCNC(=O)COc2cccc3c2CN(C(CCC=O)C(N)=O)C3=O)N=C(c2ccc(Cl)cc2)c2c1sc(C)c2C. The molecule has 0 saturated heterocycles. The number of fused-ring (bicyclic) bond motifs is 2. The molecule has 2 aliphatic rings. The molecule has 0 saturated carbocycles. The van der Waals surface area contributed by atoms with Crippen molar-refractivity contribution in [3.63, 3.8) is 0 Å². The van der Waals surface area contributed by atoms with E-state index in [1.165, 1.54) is 16.2 Å². The van der Waals surface area contributed by atoms with E-state index in [0.717, 1.165) is 65.1 Å². The third-order valence-corrected chi connectivity index (χ3v) is 11.7. The molecular weight excluding hydrogens is 780 g/mol. The summed E-state index contributed by atoms with van der Waals surface area (Å²) in [5, 5.41) is 24.8. The molecule has 1 aromatic heterocycles. The summed E-state index contributed by atoms with van der Waals surface area (Å²) in [5.74, 6) is -0.890. The number of nitrogens with zero attached hydrogens (tertiary/aromatic N) is 3. The Hall–Kier alpha value is -5.41. The highest BCUT2D eigenvalue weighted by molar-refractivity contribution is 7.17. The van der Waals surface area contributed by atoms with Crippen LogP contribution in [-0.2, 0) is 25.7 Å². The van der Waals surface area contributed by atoms with Gasteiger partial charge in [-0.05, 0) is 69.9 Å². The van der Waals surface area contributed by atoms with Crippen LogP contribution in [0.15, 0.2) is 47.5 Å². The number of primary amides is 1. The first-order chi connectivity index (χ1) is 27.8. The number of aryl methyl sites for hydroxylation is 1. The van der Waals surface area contributed by atoms with Crippen LogP contribution in [0.25, 0.3) is 0 Å². The monoisotopic (exact) mass is 830 g/mol. The largest absolute Gasteiger partial charge is 0.483 e. The molecule has 4 amide bonds. The zero-order valence-corrected chi connectivity index (χ0v) is 34.7. The average molecular weight is 831 g/mol. The number of hydrogen-bond donors (Lipinski definition) is 5. The molecule has 0 bridgehead atoms. The number of anilines is 1.